The van der Waals surface area contributed by atoms with E-state index in [0.29, 0.717) is 5.56 Å². The summed E-state index contributed by atoms with van der Waals surface area (Å²) in [5.74, 6) is -3.88. The minimum absolute atomic E-state index is 0.0318. The summed E-state index contributed by atoms with van der Waals surface area (Å²) in [6, 6.07) is 1.28. The van der Waals surface area contributed by atoms with Crippen LogP contribution in [0.15, 0.2) is 24.3 Å². The molecule has 8 N–H and O–H groups in total. The third kappa shape index (κ3) is 8.36. The number of benzene rings is 1. The van der Waals surface area contributed by atoms with E-state index in [1.54, 1.807) is 26.0 Å². The lowest BCUT2D eigenvalue weighted by molar-refractivity contribution is -0.143. The van der Waals surface area contributed by atoms with Crippen molar-refractivity contribution in [1.29, 1.82) is 0 Å². The normalized spacial score (nSPS) is 14.7. The predicted molar refractivity (Wildman–Crippen MR) is 119 cm³/mol. The standard InChI is InChI=1S/C20H30N4O7S/c1-10(2)16(19(29)23-15(8-25)20(30)31)24-18(28)14(22-17(27)13(21)9-32)7-11-3-5-12(26)6-4-11/h3-6,10,13-16,25-26,32H,7-9,21H2,1-2H3,(H,22,27)(H,23,29)(H,24,28)(H,30,31). The Bertz CT molecular complexity index is 804. The number of phenols is 1. The van der Waals surface area contributed by atoms with E-state index in [0.717, 1.165) is 0 Å². The molecular weight excluding hydrogens is 440 g/mol. The van der Waals surface area contributed by atoms with Gasteiger partial charge in [0.25, 0.3) is 0 Å². The first-order valence-corrected chi connectivity index (χ1v) is 10.5. The minimum atomic E-state index is -1.53. The number of rotatable bonds is 12. The molecule has 0 aliphatic carbocycles. The second-order valence-electron chi connectivity index (χ2n) is 7.53. The third-order valence-electron chi connectivity index (χ3n) is 4.59. The SMILES string of the molecule is CC(C)C(NC(=O)C(Cc1ccc(O)cc1)NC(=O)C(N)CS)C(=O)NC(CO)C(=O)O. The summed E-state index contributed by atoms with van der Waals surface area (Å²) in [5.41, 5.74) is 6.30. The lowest BCUT2D eigenvalue weighted by Crippen LogP contribution is -2.59. The van der Waals surface area contributed by atoms with Gasteiger partial charge in [-0.1, -0.05) is 26.0 Å². The fraction of sp³-hybridized carbons (Fsp3) is 0.500. The Hall–Kier alpha value is -2.83. The van der Waals surface area contributed by atoms with Gasteiger partial charge >= 0.3 is 5.97 Å². The Morgan fingerprint density at radius 1 is 0.969 bits per heavy atom. The molecule has 0 aliphatic heterocycles. The van der Waals surface area contributed by atoms with E-state index in [9.17, 15) is 24.3 Å². The zero-order valence-corrected chi connectivity index (χ0v) is 18.7. The molecule has 0 saturated carbocycles. The van der Waals surface area contributed by atoms with E-state index < -0.39 is 60.4 Å². The number of aliphatic hydroxyl groups is 1. The lowest BCUT2D eigenvalue weighted by atomic mass is 10.0. The van der Waals surface area contributed by atoms with E-state index in [-0.39, 0.29) is 17.9 Å². The Kier molecular flexibility index (Phi) is 11.0. The predicted octanol–water partition coefficient (Wildman–Crippen LogP) is -1.62. The number of phenolic OH excluding ortho intramolecular Hbond substituents is 1. The molecule has 0 bridgehead atoms. The van der Waals surface area contributed by atoms with Crippen molar-refractivity contribution in [3.63, 3.8) is 0 Å². The summed E-state index contributed by atoms with van der Waals surface area (Å²) in [7, 11) is 0. The first kappa shape index (κ1) is 27.2. The Labute approximate surface area is 191 Å². The van der Waals surface area contributed by atoms with Crippen LogP contribution >= 0.6 is 12.6 Å². The van der Waals surface area contributed by atoms with Crippen molar-refractivity contribution < 1.29 is 34.5 Å². The van der Waals surface area contributed by atoms with Crippen LogP contribution in [0.1, 0.15) is 19.4 Å². The van der Waals surface area contributed by atoms with Crippen LogP contribution in [-0.4, -0.2) is 75.5 Å². The number of carboxylic acids is 1. The second kappa shape index (κ2) is 12.9. The zero-order valence-electron chi connectivity index (χ0n) is 17.8. The highest BCUT2D eigenvalue weighted by Crippen LogP contribution is 2.12. The fourth-order valence-corrected chi connectivity index (χ4v) is 2.84. The average molecular weight is 471 g/mol. The van der Waals surface area contributed by atoms with Crippen molar-refractivity contribution in [2.45, 2.75) is 44.4 Å². The highest BCUT2D eigenvalue weighted by Gasteiger charge is 2.31. The van der Waals surface area contributed by atoms with Crippen molar-refractivity contribution in [3.8, 4) is 5.75 Å². The van der Waals surface area contributed by atoms with Gasteiger partial charge in [-0.25, -0.2) is 4.79 Å². The fourth-order valence-electron chi connectivity index (χ4n) is 2.67. The van der Waals surface area contributed by atoms with Crippen molar-refractivity contribution in [1.82, 2.24) is 16.0 Å². The number of aliphatic carboxylic acids is 1. The molecule has 0 aliphatic rings. The maximum atomic E-state index is 13.0. The molecule has 1 aromatic carbocycles. The van der Waals surface area contributed by atoms with Crippen LogP contribution in [0.5, 0.6) is 5.75 Å². The Balaban J connectivity index is 3.05. The topological polar surface area (TPSA) is 191 Å². The molecule has 0 fully saturated rings. The maximum absolute atomic E-state index is 13.0. The molecule has 0 heterocycles. The molecule has 0 radical (unpaired) electrons. The van der Waals surface area contributed by atoms with Gasteiger partial charge in [-0.3, -0.25) is 14.4 Å². The Morgan fingerprint density at radius 3 is 2.00 bits per heavy atom. The molecule has 4 atom stereocenters. The van der Waals surface area contributed by atoms with Gasteiger partial charge in [0, 0.05) is 12.2 Å². The molecule has 0 aromatic heterocycles. The number of nitrogens with one attached hydrogen (secondary N) is 3. The number of aromatic hydroxyl groups is 1. The van der Waals surface area contributed by atoms with Gasteiger partial charge in [0.2, 0.25) is 17.7 Å². The number of amides is 3. The number of carboxylic acid groups (broad SMARTS) is 1. The zero-order chi connectivity index (χ0) is 24.4. The molecule has 3 amide bonds. The number of carbonyl (C=O) groups is 4. The van der Waals surface area contributed by atoms with E-state index >= 15 is 0 Å². The smallest absolute Gasteiger partial charge is 0.328 e. The van der Waals surface area contributed by atoms with Crippen LogP contribution in [0.3, 0.4) is 0 Å². The summed E-state index contributed by atoms with van der Waals surface area (Å²) in [6.45, 7) is 2.47. The van der Waals surface area contributed by atoms with E-state index in [1.807, 2.05) is 0 Å². The molecular formula is C20H30N4O7S. The van der Waals surface area contributed by atoms with Crippen molar-refractivity contribution in [2.75, 3.05) is 12.4 Å². The monoisotopic (exact) mass is 470 g/mol. The number of nitrogens with two attached hydrogens (primary N) is 1. The van der Waals surface area contributed by atoms with Crippen molar-refractivity contribution >= 4 is 36.3 Å². The molecule has 1 rings (SSSR count). The quantitative estimate of drug-likeness (QED) is 0.167. The van der Waals surface area contributed by atoms with Gasteiger partial charge in [-0.05, 0) is 23.6 Å². The van der Waals surface area contributed by atoms with E-state index in [2.05, 4.69) is 28.6 Å². The van der Waals surface area contributed by atoms with Crippen LogP contribution < -0.4 is 21.7 Å². The number of hydrogen-bond donors (Lipinski definition) is 8. The first-order valence-electron chi connectivity index (χ1n) is 9.89. The molecule has 0 spiro atoms. The Morgan fingerprint density at radius 2 is 1.53 bits per heavy atom. The van der Waals surface area contributed by atoms with Gasteiger partial charge in [0.1, 0.15) is 23.9 Å². The van der Waals surface area contributed by atoms with Gasteiger partial charge in [-0.15, -0.1) is 0 Å². The molecule has 0 saturated heterocycles. The highest BCUT2D eigenvalue weighted by molar-refractivity contribution is 7.80. The van der Waals surface area contributed by atoms with Crippen LogP contribution in [0.25, 0.3) is 0 Å². The molecule has 32 heavy (non-hydrogen) atoms. The van der Waals surface area contributed by atoms with Crippen LogP contribution in [0, 0.1) is 5.92 Å². The van der Waals surface area contributed by atoms with Crippen LogP contribution in [0.2, 0.25) is 0 Å². The van der Waals surface area contributed by atoms with E-state index in [1.165, 1.54) is 12.1 Å². The molecule has 178 valence electrons. The number of aliphatic hydroxyl groups excluding tert-OH is 1. The summed E-state index contributed by atoms with van der Waals surface area (Å²) >= 11 is 3.97. The third-order valence-corrected chi connectivity index (χ3v) is 4.98. The highest BCUT2D eigenvalue weighted by atomic mass is 32.1. The number of carbonyl (C=O) groups excluding carboxylic acids is 3. The molecule has 4 unspecified atom stereocenters. The van der Waals surface area contributed by atoms with Gasteiger partial charge in [0.15, 0.2) is 0 Å². The maximum Gasteiger partial charge on any atom is 0.328 e. The van der Waals surface area contributed by atoms with Crippen molar-refractivity contribution in [2.24, 2.45) is 11.7 Å². The van der Waals surface area contributed by atoms with E-state index in [4.69, 9.17) is 15.9 Å². The van der Waals surface area contributed by atoms with Gasteiger partial charge < -0.3 is 37.0 Å². The van der Waals surface area contributed by atoms with Crippen molar-refractivity contribution in [3.05, 3.63) is 29.8 Å². The number of thiol groups is 1. The summed E-state index contributed by atoms with van der Waals surface area (Å²) < 4.78 is 0. The molecule has 12 heteroatoms. The average Bonchev–Trinajstić information content (AvgIpc) is 2.75. The minimum Gasteiger partial charge on any atom is -0.508 e. The lowest BCUT2D eigenvalue weighted by Gasteiger charge is -2.27. The van der Waals surface area contributed by atoms with Gasteiger partial charge in [-0.2, -0.15) is 12.6 Å². The van der Waals surface area contributed by atoms with Crippen LogP contribution in [0.4, 0.5) is 0 Å². The summed E-state index contributed by atoms with van der Waals surface area (Å²) in [4.78, 5) is 48.9. The molecule has 1 aromatic rings. The van der Waals surface area contributed by atoms with Crippen LogP contribution in [-0.2, 0) is 25.6 Å². The van der Waals surface area contributed by atoms with Gasteiger partial charge in [0.05, 0.1) is 12.6 Å². The number of hydrogen-bond acceptors (Lipinski definition) is 8. The largest absolute Gasteiger partial charge is 0.508 e. The first-order chi connectivity index (χ1) is 15.0. The summed E-state index contributed by atoms with van der Waals surface area (Å²) in [6.07, 6.45) is 0.0397. The molecule has 11 nitrogen and oxygen atoms in total. The summed E-state index contributed by atoms with van der Waals surface area (Å²) in [5, 5.41) is 34.8. The second-order valence-corrected chi connectivity index (χ2v) is 7.90.